The van der Waals surface area contributed by atoms with Gasteiger partial charge in [0.15, 0.2) is 0 Å². The molecule has 8 atom stereocenters. The van der Waals surface area contributed by atoms with Crippen LogP contribution >= 0.6 is 0 Å². The highest BCUT2D eigenvalue weighted by molar-refractivity contribution is 5.89. The van der Waals surface area contributed by atoms with E-state index in [1.165, 1.54) is 24.8 Å². The van der Waals surface area contributed by atoms with E-state index in [-0.39, 0.29) is 22.9 Å². The van der Waals surface area contributed by atoms with Crippen molar-refractivity contribution in [1.29, 1.82) is 5.41 Å². The van der Waals surface area contributed by atoms with E-state index in [1.54, 1.807) is 6.08 Å². The third kappa shape index (κ3) is 3.68. The number of unbranched alkanes of at least 4 members (excludes halogenated alkanes) is 3. The summed E-state index contributed by atoms with van der Waals surface area (Å²) in [6, 6.07) is 0. The molecule has 0 aromatic rings. The topological polar surface area (TPSA) is 64.3 Å². The monoisotopic (exact) mass is 427 g/mol. The maximum Gasteiger partial charge on any atom is 0.0910 e. The molecule has 3 saturated carbocycles. The molecule has 0 radical (unpaired) electrons. The van der Waals surface area contributed by atoms with Crippen LogP contribution in [0, 0.1) is 39.9 Å². The highest BCUT2D eigenvalue weighted by atomic mass is 16.3. The Labute approximate surface area is 189 Å². The molecule has 3 heteroatoms. The standard InChI is InChI=1S/C28H45NO2/c1-5-7-8-9-14-28(31,6-2)25-24(29)18-23-21-11-10-19-17-20(30)12-15-26(19,3)22(21)13-16-27(23,25)4/h6,10,20-23,25,29-31H,2,5,7-9,11-18H2,1,3-4H3/t20-,21?,22?,23?,25?,26-,27-,28-/m0/s1. The van der Waals surface area contributed by atoms with E-state index in [0.717, 1.165) is 63.5 Å². The van der Waals surface area contributed by atoms with Gasteiger partial charge in [0.1, 0.15) is 0 Å². The molecule has 0 heterocycles. The summed E-state index contributed by atoms with van der Waals surface area (Å²) in [5, 5.41) is 31.0. The lowest BCUT2D eigenvalue weighted by Crippen LogP contribution is -2.53. The number of rotatable bonds is 7. The van der Waals surface area contributed by atoms with Crippen molar-refractivity contribution in [3.63, 3.8) is 0 Å². The van der Waals surface area contributed by atoms with Gasteiger partial charge >= 0.3 is 0 Å². The molecular weight excluding hydrogens is 382 g/mol. The lowest BCUT2D eigenvalue weighted by atomic mass is 9.46. The van der Waals surface area contributed by atoms with Gasteiger partial charge in [-0.15, -0.1) is 6.58 Å². The van der Waals surface area contributed by atoms with Crippen molar-refractivity contribution in [2.45, 2.75) is 110 Å². The number of allylic oxidation sites excluding steroid dienone is 1. The first-order chi connectivity index (χ1) is 14.7. The molecular formula is C28H45NO2. The van der Waals surface area contributed by atoms with Gasteiger partial charge in [-0.25, -0.2) is 0 Å². The Morgan fingerprint density at radius 2 is 1.94 bits per heavy atom. The van der Waals surface area contributed by atoms with Crippen molar-refractivity contribution in [2.75, 3.05) is 0 Å². The second-order valence-electron chi connectivity index (χ2n) is 11.9. The van der Waals surface area contributed by atoms with Crippen LogP contribution in [0.25, 0.3) is 0 Å². The summed E-state index contributed by atoms with van der Waals surface area (Å²) in [7, 11) is 0. The molecule has 0 amide bonds. The van der Waals surface area contributed by atoms with Crippen molar-refractivity contribution in [2.24, 2.45) is 34.5 Å². The number of hydrogen-bond donors (Lipinski definition) is 3. The Hall–Kier alpha value is -0.930. The molecule has 0 saturated heterocycles. The van der Waals surface area contributed by atoms with Crippen LogP contribution in [-0.4, -0.2) is 27.6 Å². The Morgan fingerprint density at radius 1 is 1.16 bits per heavy atom. The second-order valence-corrected chi connectivity index (χ2v) is 11.9. The average molecular weight is 428 g/mol. The van der Waals surface area contributed by atoms with Gasteiger partial charge in [0.05, 0.1) is 11.7 Å². The molecule has 31 heavy (non-hydrogen) atoms. The van der Waals surface area contributed by atoms with Crippen LogP contribution in [0.15, 0.2) is 24.3 Å². The minimum absolute atomic E-state index is 0.0121. The number of fused-ring (bicyclic) bond motifs is 5. The summed E-state index contributed by atoms with van der Waals surface area (Å²) < 4.78 is 0. The summed E-state index contributed by atoms with van der Waals surface area (Å²) in [6.45, 7) is 11.1. The second kappa shape index (κ2) is 8.45. The van der Waals surface area contributed by atoms with E-state index in [4.69, 9.17) is 5.41 Å². The van der Waals surface area contributed by atoms with E-state index in [2.05, 4.69) is 33.4 Å². The lowest BCUT2D eigenvalue weighted by molar-refractivity contribution is -0.0856. The Morgan fingerprint density at radius 3 is 2.65 bits per heavy atom. The summed E-state index contributed by atoms with van der Waals surface area (Å²) in [5.41, 5.74) is 1.53. The number of aliphatic hydroxyl groups excluding tert-OH is 1. The molecule has 0 aromatic heterocycles. The van der Waals surface area contributed by atoms with Crippen LogP contribution in [0.3, 0.4) is 0 Å². The van der Waals surface area contributed by atoms with Crippen LogP contribution in [0.5, 0.6) is 0 Å². The molecule has 0 bridgehead atoms. The van der Waals surface area contributed by atoms with Gasteiger partial charge in [-0.3, -0.25) is 0 Å². The van der Waals surface area contributed by atoms with Gasteiger partial charge in [0.2, 0.25) is 0 Å². The van der Waals surface area contributed by atoms with Gasteiger partial charge in [-0.05, 0) is 80.0 Å². The largest absolute Gasteiger partial charge is 0.393 e. The molecule has 4 unspecified atom stereocenters. The molecule has 3 nitrogen and oxygen atoms in total. The predicted molar refractivity (Wildman–Crippen MR) is 128 cm³/mol. The zero-order valence-electron chi connectivity index (χ0n) is 20.1. The number of nitrogens with one attached hydrogen (secondary N) is 1. The molecule has 4 aliphatic rings. The van der Waals surface area contributed by atoms with E-state index >= 15 is 0 Å². The smallest absolute Gasteiger partial charge is 0.0910 e. The van der Waals surface area contributed by atoms with Crippen molar-refractivity contribution in [1.82, 2.24) is 0 Å². The summed E-state index contributed by atoms with van der Waals surface area (Å²) in [5.74, 6) is 1.65. The van der Waals surface area contributed by atoms with Gasteiger partial charge in [0.25, 0.3) is 0 Å². The van der Waals surface area contributed by atoms with Gasteiger partial charge in [-0.1, -0.05) is 64.2 Å². The molecule has 4 rings (SSSR count). The Bertz CT molecular complexity index is 743. The zero-order chi connectivity index (χ0) is 22.4. The van der Waals surface area contributed by atoms with Crippen molar-refractivity contribution < 1.29 is 10.2 Å². The van der Waals surface area contributed by atoms with Crippen LogP contribution in [0.2, 0.25) is 0 Å². The number of aliphatic hydroxyl groups is 2. The first-order valence-electron chi connectivity index (χ1n) is 13.0. The quantitative estimate of drug-likeness (QED) is 0.323. The van der Waals surface area contributed by atoms with E-state index in [9.17, 15) is 10.2 Å². The van der Waals surface area contributed by atoms with Crippen molar-refractivity contribution in [3.05, 3.63) is 24.3 Å². The number of hydrogen-bond acceptors (Lipinski definition) is 3. The molecule has 0 aromatic carbocycles. The maximum atomic E-state index is 11.8. The minimum atomic E-state index is -0.949. The molecule has 4 aliphatic carbocycles. The molecule has 0 aliphatic heterocycles. The zero-order valence-corrected chi connectivity index (χ0v) is 20.1. The third-order valence-corrected chi connectivity index (χ3v) is 10.2. The molecule has 3 fully saturated rings. The van der Waals surface area contributed by atoms with Gasteiger partial charge in [-0.2, -0.15) is 0 Å². The first-order valence-corrected chi connectivity index (χ1v) is 13.0. The van der Waals surface area contributed by atoms with E-state index in [0.29, 0.717) is 17.8 Å². The summed E-state index contributed by atoms with van der Waals surface area (Å²) >= 11 is 0. The van der Waals surface area contributed by atoms with Crippen LogP contribution in [0.4, 0.5) is 0 Å². The minimum Gasteiger partial charge on any atom is -0.393 e. The Kier molecular flexibility index (Phi) is 6.33. The molecule has 0 spiro atoms. The maximum absolute atomic E-state index is 11.8. The van der Waals surface area contributed by atoms with Crippen LogP contribution in [-0.2, 0) is 0 Å². The molecule has 3 N–H and O–H groups in total. The fraction of sp³-hybridized carbons (Fsp3) is 0.821. The predicted octanol–water partition coefficient (Wildman–Crippen LogP) is 6.44. The molecule has 174 valence electrons. The van der Waals surface area contributed by atoms with Gasteiger partial charge in [0, 0.05) is 11.6 Å². The normalized spacial score (nSPS) is 44.0. The highest BCUT2D eigenvalue weighted by Gasteiger charge is 2.63. The lowest BCUT2D eigenvalue weighted by Gasteiger charge is -2.58. The fourth-order valence-corrected chi connectivity index (χ4v) is 8.56. The average Bonchev–Trinajstić information content (AvgIpc) is 3.02. The van der Waals surface area contributed by atoms with E-state index < -0.39 is 5.60 Å². The summed E-state index contributed by atoms with van der Waals surface area (Å²) in [4.78, 5) is 0. The summed E-state index contributed by atoms with van der Waals surface area (Å²) in [6.07, 6.45) is 16.5. The van der Waals surface area contributed by atoms with Gasteiger partial charge < -0.3 is 15.6 Å². The Balaban J connectivity index is 1.59. The van der Waals surface area contributed by atoms with Crippen LogP contribution in [0.1, 0.15) is 97.8 Å². The third-order valence-electron chi connectivity index (χ3n) is 10.2. The first kappa shape index (κ1) is 23.2. The van der Waals surface area contributed by atoms with Crippen LogP contribution < -0.4 is 0 Å². The van der Waals surface area contributed by atoms with E-state index in [1.807, 2.05) is 0 Å². The fourth-order valence-electron chi connectivity index (χ4n) is 8.56. The highest BCUT2D eigenvalue weighted by Crippen LogP contribution is 2.67. The van der Waals surface area contributed by atoms with Crippen molar-refractivity contribution in [3.8, 4) is 0 Å². The SMILES string of the molecule is C=C[C@](O)(CCCCCC)C1C(=N)CC2C3CC=C4C[C@@H](O)CC[C@]4(C)C3CC[C@@]21C. The van der Waals surface area contributed by atoms with Crippen molar-refractivity contribution >= 4 is 5.71 Å².